The molecule has 61 heavy (non-hydrogen) atoms. The van der Waals surface area contributed by atoms with Crippen LogP contribution in [0.15, 0.2) is 200 Å². The Morgan fingerprint density at radius 1 is 0.475 bits per heavy atom. The SMILES string of the molecule is [C-]#[N+]c1ccc2c(c1)c1ccccc1n2-c1ccc(-c2ccc3nc(-c4ccccc4)c4ccc5c(c4c3c2)-c2ccccc2C52c3ccccc3Oc3ccccc32)cc1. The summed E-state index contributed by atoms with van der Waals surface area (Å²) in [5, 5.41) is 5.67. The van der Waals surface area contributed by atoms with E-state index in [4.69, 9.17) is 16.3 Å². The van der Waals surface area contributed by atoms with Crippen LogP contribution in [0.1, 0.15) is 22.3 Å². The van der Waals surface area contributed by atoms with E-state index < -0.39 is 5.41 Å². The number of ether oxygens (including phenoxy) is 1. The number of hydrogen-bond acceptors (Lipinski definition) is 2. The fourth-order valence-corrected chi connectivity index (χ4v) is 10.5. The molecule has 0 amide bonds. The Bertz CT molecular complexity index is 3640. The molecule has 2 aromatic heterocycles. The van der Waals surface area contributed by atoms with Crippen molar-refractivity contribution in [1.82, 2.24) is 9.55 Å². The normalized spacial score (nSPS) is 13.2. The maximum absolute atomic E-state index is 7.62. The number of aromatic nitrogens is 2. The Labute approximate surface area is 352 Å². The van der Waals surface area contributed by atoms with Crippen LogP contribution in [0.3, 0.4) is 0 Å². The first kappa shape index (κ1) is 33.7. The lowest BCUT2D eigenvalue weighted by atomic mass is 9.66. The van der Waals surface area contributed by atoms with Crippen LogP contribution in [0.5, 0.6) is 11.5 Å². The van der Waals surface area contributed by atoms with E-state index in [9.17, 15) is 0 Å². The zero-order valence-electron chi connectivity index (χ0n) is 32.8. The highest BCUT2D eigenvalue weighted by Crippen LogP contribution is 2.63. The third-order valence-electron chi connectivity index (χ3n) is 13.1. The molecule has 0 N–H and O–H groups in total. The highest BCUT2D eigenvalue weighted by Gasteiger charge is 2.51. The quantitative estimate of drug-likeness (QED) is 0.132. The van der Waals surface area contributed by atoms with Crippen molar-refractivity contribution in [2.45, 2.75) is 5.41 Å². The van der Waals surface area contributed by atoms with Gasteiger partial charge in [-0.1, -0.05) is 146 Å². The fraction of sp³-hybridized carbons (Fsp3) is 0.0175. The minimum atomic E-state index is -0.578. The monoisotopic (exact) mass is 775 g/mol. The lowest BCUT2D eigenvalue weighted by Gasteiger charge is -2.39. The second-order valence-corrected chi connectivity index (χ2v) is 16.1. The highest BCUT2D eigenvalue weighted by molar-refractivity contribution is 6.20. The standard InChI is InChI=1S/C57H33N3O/c1-58-38-26-32-51-43(34-38)40-15-6-10-20-50(40)60(51)39-27-23-35(24-28-39)37-25-31-49-44(33-37)54-42(56(59-49)36-13-3-2-4-14-36)29-30-48-55(54)41-16-5-7-17-45(41)57(48)46-18-8-11-21-52(46)61-53-22-12-9-19-47(53)57/h2-34H. The number of nitrogens with zero attached hydrogens (tertiary/aromatic N) is 3. The van der Waals surface area contributed by atoms with Crippen LogP contribution in [0.2, 0.25) is 0 Å². The van der Waals surface area contributed by atoms with Gasteiger partial charge < -0.3 is 9.30 Å². The number of benzene rings is 9. The number of fused-ring (bicyclic) bond motifs is 16. The number of hydrogen-bond donors (Lipinski definition) is 0. The molecule has 0 fully saturated rings. The average Bonchev–Trinajstić information content (AvgIpc) is 3.82. The van der Waals surface area contributed by atoms with Gasteiger partial charge in [-0.05, 0) is 93.4 Å². The van der Waals surface area contributed by atoms with Gasteiger partial charge >= 0.3 is 0 Å². The molecule has 1 spiro atoms. The first-order chi connectivity index (χ1) is 30.2. The van der Waals surface area contributed by atoms with E-state index in [0.717, 1.165) is 88.8 Å². The number of para-hydroxylation sites is 3. The largest absolute Gasteiger partial charge is 0.457 e. The van der Waals surface area contributed by atoms with Gasteiger partial charge in [-0.2, -0.15) is 0 Å². The predicted octanol–water partition coefficient (Wildman–Crippen LogP) is 14.8. The van der Waals surface area contributed by atoms with Gasteiger partial charge in [-0.3, -0.25) is 0 Å². The van der Waals surface area contributed by atoms with Crippen molar-refractivity contribution in [3.63, 3.8) is 0 Å². The van der Waals surface area contributed by atoms with Crippen LogP contribution in [-0.4, -0.2) is 9.55 Å². The molecule has 1 aliphatic carbocycles. The van der Waals surface area contributed by atoms with E-state index in [0.29, 0.717) is 5.69 Å². The summed E-state index contributed by atoms with van der Waals surface area (Å²) in [4.78, 5) is 9.16. The lowest BCUT2D eigenvalue weighted by Crippen LogP contribution is -2.32. The van der Waals surface area contributed by atoms with Crippen molar-refractivity contribution in [1.29, 1.82) is 0 Å². The van der Waals surface area contributed by atoms with Crippen LogP contribution < -0.4 is 4.74 Å². The summed E-state index contributed by atoms with van der Waals surface area (Å²) in [5.74, 6) is 1.77. The van der Waals surface area contributed by atoms with E-state index >= 15 is 0 Å². The predicted molar refractivity (Wildman–Crippen MR) is 248 cm³/mol. The smallest absolute Gasteiger partial charge is 0.188 e. The van der Waals surface area contributed by atoms with Gasteiger partial charge in [0.05, 0.1) is 34.2 Å². The zero-order chi connectivity index (χ0) is 40.2. The second-order valence-electron chi connectivity index (χ2n) is 16.1. The summed E-state index contributed by atoms with van der Waals surface area (Å²) in [6, 6.07) is 71.4. The van der Waals surface area contributed by atoms with Gasteiger partial charge in [0.2, 0.25) is 0 Å². The minimum absolute atomic E-state index is 0.578. The van der Waals surface area contributed by atoms with Crippen molar-refractivity contribution in [3.8, 4) is 50.7 Å². The third kappa shape index (κ3) is 4.60. The molecule has 0 bridgehead atoms. The summed E-state index contributed by atoms with van der Waals surface area (Å²) < 4.78 is 8.95. The van der Waals surface area contributed by atoms with E-state index in [1.807, 2.05) is 12.1 Å². The number of pyridine rings is 1. The third-order valence-corrected chi connectivity index (χ3v) is 13.1. The van der Waals surface area contributed by atoms with Crippen LogP contribution in [0.4, 0.5) is 5.69 Å². The molecular weight excluding hydrogens is 743 g/mol. The van der Waals surface area contributed by atoms with Gasteiger partial charge in [0.25, 0.3) is 0 Å². The molecule has 0 saturated heterocycles. The molecule has 1 aliphatic heterocycles. The lowest BCUT2D eigenvalue weighted by molar-refractivity contribution is 0.436. The minimum Gasteiger partial charge on any atom is -0.457 e. The van der Waals surface area contributed by atoms with Gasteiger partial charge in [0.15, 0.2) is 5.69 Å². The Hall–Kier alpha value is -8.26. The van der Waals surface area contributed by atoms with Gasteiger partial charge in [0, 0.05) is 43.9 Å². The zero-order valence-corrected chi connectivity index (χ0v) is 32.8. The van der Waals surface area contributed by atoms with Gasteiger partial charge in [0.1, 0.15) is 11.5 Å². The van der Waals surface area contributed by atoms with Crippen molar-refractivity contribution in [3.05, 3.63) is 234 Å². The fourth-order valence-electron chi connectivity index (χ4n) is 10.5. The molecule has 13 rings (SSSR count). The molecule has 0 atom stereocenters. The summed E-state index contributed by atoms with van der Waals surface area (Å²) >= 11 is 0. The molecule has 0 unspecified atom stereocenters. The molecule has 4 nitrogen and oxygen atoms in total. The van der Waals surface area contributed by atoms with E-state index in [-0.39, 0.29) is 0 Å². The van der Waals surface area contributed by atoms with E-state index in [1.54, 1.807) is 0 Å². The van der Waals surface area contributed by atoms with Crippen LogP contribution in [0.25, 0.3) is 87.5 Å². The van der Waals surface area contributed by atoms with Crippen molar-refractivity contribution in [2.24, 2.45) is 0 Å². The Balaban J connectivity index is 1.07. The molecule has 2 aliphatic rings. The van der Waals surface area contributed by atoms with Crippen LogP contribution in [0, 0.1) is 6.57 Å². The van der Waals surface area contributed by atoms with E-state index in [2.05, 4.69) is 197 Å². The molecule has 282 valence electrons. The Morgan fingerprint density at radius 2 is 1.15 bits per heavy atom. The average molecular weight is 776 g/mol. The van der Waals surface area contributed by atoms with Crippen molar-refractivity contribution < 1.29 is 4.74 Å². The molecule has 3 heterocycles. The summed E-state index contributed by atoms with van der Waals surface area (Å²) in [5.41, 5.74) is 15.9. The maximum atomic E-state index is 7.62. The molecule has 0 radical (unpaired) electrons. The van der Waals surface area contributed by atoms with Crippen LogP contribution >= 0.6 is 0 Å². The summed E-state index contributed by atoms with van der Waals surface area (Å²) in [6.07, 6.45) is 0. The highest BCUT2D eigenvalue weighted by atomic mass is 16.5. The van der Waals surface area contributed by atoms with Crippen molar-refractivity contribution >= 4 is 49.2 Å². The van der Waals surface area contributed by atoms with Crippen LogP contribution in [-0.2, 0) is 5.41 Å². The first-order valence-corrected chi connectivity index (χ1v) is 20.7. The molecule has 11 aromatic rings. The Kier molecular flexibility index (Phi) is 6.97. The molecule has 4 heteroatoms. The first-order valence-electron chi connectivity index (χ1n) is 20.7. The second kappa shape index (κ2) is 12.6. The van der Waals surface area contributed by atoms with Gasteiger partial charge in [-0.15, -0.1) is 0 Å². The maximum Gasteiger partial charge on any atom is 0.188 e. The Morgan fingerprint density at radius 3 is 1.93 bits per heavy atom. The number of rotatable bonds is 3. The molecule has 9 aromatic carbocycles. The summed E-state index contributed by atoms with van der Waals surface area (Å²) in [6.45, 7) is 7.62. The topological polar surface area (TPSA) is 31.4 Å². The molecule has 0 saturated carbocycles. The van der Waals surface area contributed by atoms with E-state index in [1.165, 1.54) is 27.6 Å². The molecular formula is C57H33N3O. The van der Waals surface area contributed by atoms with Gasteiger partial charge in [-0.25, -0.2) is 9.83 Å². The van der Waals surface area contributed by atoms with Crippen molar-refractivity contribution in [2.75, 3.05) is 0 Å². The summed E-state index contributed by atoms with van der Waals surface area (Å²) in [7, 11) is 0.